The fourth-order valence-electron chi connectivity index (χ4n) is 1.65. The van der Waals surface area contributed by atoms with Gasteiger partial charge in [-0.2, -0.15) is 0 Å². The molecule has 14 heavy (non-hydrogen) atoms. The molecule has 1 aromatic rings. The second-order valence-corrected chi connectivity index (χ2v) is 3.18. The first-order chi connectivity index (χ1) is 6.95. The SMILES string of the molecule is C1=CC=C2c3cnccc3NN2C=C1. The van der Waals surface area contributed by atoms with Crippen molar-refractivity contribution in [2.24, 2.45) is 0 Å². The van der Waals surface area contributed by atoms with Crippen LogP contribution < -0.4 is 5.43 Å². The van der Waals surface area contributed by atoms with Crippen molar-refractivity contribution in [1.29, 1.82) is 0 Å². The molecule has 0 saturated heterocycles. The molecule has 0 radical (unpaired) electrons. The Balaban J connectivity index is 2.18. The third kappa shape index (κ3) is 0.956. The van der Waals surface area contributed by atoms with Gasteiger partial charge >= 0.3 is 0 Å². The number of hydrogen-bond acceptors (Lipinski definition) is 3. The van der Waals surface area contributed by atoms with Gasteiger partial charge in [0.25, 0.3) is 0 Å². The van der Waals surface area contributed by atoms with Gasteiger partial charge in [0.1, 0.15) is 0 Å². The molecule has 68 valence electrons. The van der Waals surface area contributed by atoms with E-state index in [1.165, 1.54) is 0 Å². The Labute approximate surface area is 82.0 Å². The number of allylic oxidation sites excluding steroid dienone is 4. The summed E-state index contributed by atoms with van der Waals surface area (Å²) in [5, 5.41) is 1.99. The molecule has 2 aliphatic heterocycles. The van der Waals surface area contributed by atoms with E-state index < -0.39 is 0 Å². The number of anilines is 1. The monoisotopic (exact) mass is 183 g/mol. The molecule has 1 N–H and O–H groups in total. The van der Waals surface area contributed by atoms with Crippen LogP contribution in [0.25, 0.3) is 5.70 Å². The molecule has 0 atom stereocenters. The second kappa shape index (κ2) is 2.73. The molecule has 0 spiro atoms. The fraction of sp³-hybridized carbons (Fsp3) is 0. The number of hydrazine groups is 1. The van der Waals surface area contributed by atoms with Crippen molar-refractivity contribution in [3.05, 3.63) is 54.5 Å². The van der Waals surface area contributed by atoms with Crippen LogP contribution in [-0.4, -0.2) is 9.99 Å². The summed E-state index contributed by atoms with van der Waals surface area (Å²) in [6, 6.07) is 1.97. The zero-order chi connectivity index (χ0) is 9.38. The highest BCUT2D eigenvalue weighted by atomic mass is 15.5. The average molecular weight is 183 g/mol. The molecule has 3 heteroatoms. The largest absolute Gasteiger partial charge is 0.294 e. The summed E-state index contributed by atoms with van der Waals surface area (Å²) in [4.78, 5) is 4.12. The van der Waals surface area contributed by atoms with Crippen LogP contribution in [0.5, 0.6) is 0 Å². The van der Waals surface area contributed by atoms with Gasteiger partial charge in [0, 0.05) is 24.2 Å². The molecular formula is C11H9N3. The minimum Gasteiger partial charge on any atom is -0.294 e. The van der Waals surface area contributed by atoms with E-state index in [1.807, 2.05) is 41.7 Å². The number of hydrogen-bond donors (Lipinski definition) is 1. The van der Waals surface area contributed by atoms with Gasteiger partial charge in [-0.25, -0.2) is 0 Å². The number of rotatable bonds is 0. The predicted octanol–water partition coefficient (Wildman–Crippen LogP) is 2.15. The summed E-state index contributed by atoms with van der Waals surface area (Å²) in [6.07, 6.45) is 13.8. The Morgan fingerprint density at radius 2 is 2.21 bits per heavy atom. The third-order valence-electron chi connectivity index (χ3n) is 2.31. The Kier molecular flexibility index (Phi) is 1.44. The summed E-state index contributed by atoms with van der Waals surface area (Å²) < 4.78 is 0. The maximum atomic E-state index is 4.12. The molecule has 0 unspecified atom stereocenters. The van der Waals surface area contributed by atoms with Gasteiger partial charge < -0.3 is 0 Å². The number of pyridine rings is 1. The first kappa shape index (κ1) is 7.38. The van der Waals surface area contributed by atoms with Gasteiger partial charge in [-0.1, -0.05) is 12.2 Å². The van der Waals surface area contributed by atoms with Crippen molar-refractivity contribution >= 4 is 11.4 Å². The van der Waals surface area contributed by atoms with Gasteiger partial charge in [-0.05, 0) is 18.2 Å². The third-order valence-corrected chi connectivity index (χ3v) is 2.31. The van der Waals surface area contributed by atoms with Gasteiger partial charge in [0.2, 0.25) is 0 Å². The van der Waals surface area contributed by atoms with E-state index in [2.05, 4.69) is 16.5 Å². The van der Waals surface area contributed by atoms with Crippen LogP contribution in [0, 0.1) is 0 Å². The minimum atomic E-state index is 1.10. The van der Waals surface area contributed by atoms with Crippen molar-refractivity contribution in [3.8, 4) is 0 Å². The Hall–Kier alpha value is -2.03. The van der Waals surface area contributed by atoms with E-state index >= 15 is 0 Å². The molecule has 0 fully saturated rings. The van der Waals surface area contributed by atoms with Crippen molar-refractivity contribution in [3.63, 3.8) is 0 Å². The van der Waals surface area contributed by atoms with Crippen molar-refractivity contribution in [1.82, 2.24) is 9.99 Å². The van der Waals surface area contributed by atoms with E-state index in [0.29, 0.717) is 0 Å². The van der Waals surface area contributed by atoms with E-state index in [1.54, 1.807) is 6.20 Å². The fourth-order valence-corrected chi connectivity index (χ4v) is 1.65. The number of fused-ring (bicyclic) bond motifs is 3. The highest BCUT2D eigenvalue weighted by Gasteiger charge is 2.21. The second-order valence-electron chi connectivity index (χ2n) is 3.18. The molecule has 3 heterocycles. The van der Waals surface area contributed by atoms with Crippen molar-refractivity contribution < 1.29 is 0 Å². The van der Waals surface area contributed by atoms with E-state index in [-0.39, 0.29) is 0 Å². The summed E-state index contributed by atoms with van der Waals surface area (Å²) in [5.41, 5.74) is 6.66. The van der Waals surface area contributed by atoms with Crippen LogP contribution >= 0.6 is 0 Å². The molecule has 0 aliphatic carbocycles. The van der Waals surface area contributed by atoms with Gasteiger partial charge in [-0.15, -0.1) is 0 Å². The lowest BCUT2D eigenvalue weighted by atomic mass is 10.2. The molecule has 0 bridgehead atoms. The maximum absolute atomic E-state index is 4.12. The van der Waals surface area contributed by atoms with Crippen LogP contribution in [0.1, 0.15) is 5.56 Å². The predicted molar refractivity (Wildman–Crippen MR) is 56.0 cm³/mol. The van der Waals surface area contributed by atoms with E-state index in [4.69, 9.17) is 0 Å². The van der Waals surface area contributed by atoms with Crippen LogP contribution in [0.4, 0.5) is 5.69 Å². The van der Waals surface area contributed by atoms with Crippen molar-refractivity contribution in [2.45, 2.75) is 0 Å². The molecule has 1 aromatic heterocycles. The average Bonchev–Trinajstić information content (AvgIpc) is 2.42. The van der Waals surface area contributed by atoms with Crippen LogP contribution in [-0.2, 0) is 0 Å². The normalized spacial score (nSPS) is 16.9. The van der Waals surface area contributed by atoms with Gasteiger partial charge in [0.05, 0.1) is 11.4 Å². The molecule has 0 amide bonds. The molecule has 3 rings (SSSR count). The topological polar surface area (TPSA) is 28.2 Å². The van der Waals surface area contributed by atoms with E-state index in [0.717, 1.165) is 16.9 Å². The lowest BCUT2D eigenvalue weighted by Crippen LogP contribution is -2.14. The van der Waals surface area contributed by atoms with Crippen LogP contribution in [0.3, 0.4) is 0 Å². The lowest BCUT2D eigenvalue weighted by Gasteiger charge is -2.13. The van der Waals surface area contributed by atoms with E-state index in [9.17, 15) is 0 Å². The lowest BCUT2D eigenvalue weighted by molar-refractivity contribution is 0.664. The zero-order valence-electron chi connectivity index (χ0n) is 7.51. The maximum Gasteiger partial charge on any atom is 0.0732 e. The van der Waals surface area contributed by atoms with Crippen LogP contribution in [0.15, 0.2) is 49.0 Å². The first-order valence-electron chi connectivity index (χ1n) is 4.50. The molecule has 0 saturated carbocycles. The minimum absolute atomic E-state index is 1.10. The number of nitrogens with zero attached hydrogens (tertiary/aromatic N) is 2. The highest BCUT2D eigenvalue weighted by Crippen LogP contribution is 2.33. The first-order valence-corrected chi connectivity index (χ1v) is 4.50. The summed E-state index contributed by atoms with van der Waals surface area (Å²) in [5.74, 6) is 0. The smallest absolute Gasteiger partial charge is 0.0732 e. The highest BCUT2D eigenvalue weighted by molar-refractivity contribution is 5.81. The van der Waals surface area contributed by atoms with Crippen LogP contribution in [0.2, 0.25) is 0 Å². The number of nitrogens with one attached hydrogen (secondary N) is 1. The summed E-state index contributed by atoms with van der Waals surface area (Å²) in [7, 11) is 0. The standard InChI is InChI=1S/C11H9N3/c1-2-4-11-9-8-12-6-5-10(9)13-14(11)7-3-1/h1-8,13H. The Morgan fingerprint density at radius 3 is 3.21 bits per heavy atom. The quantitative estimate of drug-likeness (QED) is 0.668. The summed E-state index contributed by atoms with van der Waals surface area (Å²) >= 11 is 0. The molecule has 3 nitrogen and oxygen atoms in total. The number of aromatic nitrogens is 1. The Morgan fingerprint density at radius 1 is 1.21 bits per heavy atom. The van der Waals surface area contributed by atoms with Crippen molar-refractivity contribution in [2.75, 3.05) is 5.43 Å². The molecule has 2 aliphatic rings. The van der Waals surface area contributed by atoms with Gasteiger partial charge in [-0.3, -0.25) is 15.4 Å². The molecular weight excluding hydrogens is 174 g/mol. The van der Waals surface area contributed by atoms with Gasteiger partial charge in [0.15, 0.2) is 0 Å². The zero-order valence-corrected chi connectivity index (χ0v) is 7.51. The molecule has 0 aromatic carbocycles. The summed E-state index contributed by atoms with van der Waals surface area (Å²) in [6.45, 7) is 0. The Bertz CT molecular complexity index is 457.